The Hall–Kier alpha value is -3.27. The molecule has 3 aromatic rings. The third-order valence-corrected chi connectivity index (χ3v) is 7.86. The largest absolute Gasteiger partial charge is 0.322 e. The minimum Gasteiger partial charge on any atom is -0.322 e. The minimum atomic E-state index is -3.68. The Labute approximate surface area is 199 Å². The molecule has 1 aliphatic rings. The smallest absolute Gasteiger partial charge is 0.263 e. The zero-order valence-corrected chi connectivity index (χ0v) is 19.9. The second-order valence-corrected chi connectivity index (χ2v) is 10.1. The Balaban J connectivity index is 1.51. The van der Waals surface area contributed by atoms with E-state index in [1.54, 1.807) is 24.4 Å². The summed E-state index contributed by atoms with van der Waals surface area (Å²) in [5, 5.41) is 2.68. The van der Waals surface area contributed by atoms with E-state index in [-0.39, 0.29) is 10.5 Å². The van der Waals surface area contributed by atoms with Crippen molar-refractivity contribution in [3.63, 3.8) is 0 Å². The molecule has 0 unspecified atom stereocenters. The van der Waals surface area contributed by atoms with Gasteiger partial charge in [0.05, 0.1) is 11.4 Å². The quantitative estimate of drug-likeness (QED) is 0.561. The van der Waals surface area contributed by atoms with Gasteiger partial charge < -0.3 is 14.8 Å². The van der Waals surface area contributed by atoms with Gasteiger partial charge >= 0.3 is 0 Å². The molecule has 0 saturated carbocycles. The normalized spacial score (nSPS) is 15.2. The summed E-state index contributed by atoms with van der Waals surface area (Å²) in [6.45, 7) is 5.53. The molecule has 1 fully saturated rings. The van der Waals surface area contributed by atoms with Crippen molar-refractivity contribution in [2.24, 2.45) is 0 Å². The average molecular weight is 481 g/mol. The van der Waals surface area contributed by atoms with Gasteiger partial charge in [-0.2, -0.15) is 4.31 Å². The molecule has 4 rings (SSSR count). The second kappa shape index (κ2) is 10.3. The third-order valence-electron chi connectivity index (χ3n) is 5.97. The summed E-state index contributed by atoms with van der Waals surface area (Å²) in [5.74, 6) is -0.585. The second-order valence-electron chi connectivity index (χ2n) is 8.16. The number of amides is 1. The summed E-state index contributed by atoms with van der Waals surface area (Å²) in [5.41, 5.74) is 0.833. The van der Waals surface area contributed by atoms with E-state index in [2.05, 4.69) is 17.1 Å². The predicted octanol–water partition coefficient (Wildman–Crippen LogP) is 2.48. The van der Waals surface area contributed by atoms with Crippen molar-refractivity contribution in [1.29, 1.82) is 0 Å². The van der Waals surface area contributed by atoms with Crippen LogP contribution in [0.3, 0.4) is 0 Å². The highest BCUT2D eigenvalue weighted by atomic mass is 32.2. The highest BCUT2D eigenvalue weighted by Gasteiger charge is 2.28. The van der Waals surface area contributed by atoms with Gasteiger partial charge in [0, 0.05) is 38.1 Å². The number of sulfonamides is 1. The van der Waals surface area contributed by atoms with Gasteiger partial charge in [0.25, 0.3) is 11.5 Å². The van der Waals surface area contributed by atoms with Crippen molar-refractivity contribution >= 4 is 21.6 Å². The lowest BCUT2D eigenvalue weighted by atomic mass is 10.2. The van der Waals surface area contributed by atoms with E-state index < -0.39 is 21.5 Å². The number of nitrogens with zero attached hydrogens (tertiary/aromatic N) is 3. The van der Waals surface area contributed by atoms with Crippen LogP contribution in [0, 0.1) is 0 Å². The maximum Gasteiger partial charge on any atom is 0.263 e. The van der Waals surface area contributed by atoms with Gasteiger partial charge in [-0.15, -0.1) is 0 Å². The molecule has 34 heavy (non-hydrogen) atoms. The van der Waals surface area contributed by atoms with Crippen molar-refractivity contribution in [3.8, 4) is 0 Å². The van der Waals surface area contributed by atoms with Crippen molar-refractivity contribution < 1.29 is 13.2 Å². The van der Waals surface area contributed by atoms with E-state index in [1.165, 1.54) is 27.1 Å². The number of piperazine rings is 1. The Morgan fingerprint density at radius 2 is 1.68 bits per heavy atom. The van der Waals surface area contributed by atoms with Gasteiger partial charge in [0.1, 0.15) is 5.56 Å². The van der Waals surface area contributed by atoms with Crippen molar-refractivity contribution in [3.05, 3.63) is 94.4 Å². The molecular formula is C25H28N4O4S. The number of carbonyl (C=O) groups excluding carboxylic acids is 1. The summed E-state index contributed by atoms with van der Waals surface area (Å²) in [6.07, 6.45) is 1.64. The Kier molecular flexibility index (Phi) is 7.26. The average Bonchev–Trinajstić information content (AvgIpc) is 2.86. The fraction of sp³-hybridized carbons (Fsp3) is 0.280. The molecule has 2 aromatic carbocycles. The molecular weight excluding hydrogens is 452 g/mol. The standard InChI is InChI=1S/C25H28N4O4S/c1-2-27-14-16-29(17-15-27)34(32,33)22-11-6-10-21(18-22)26-24(30)23-12-7-13-28(25(23)31)19-20-8-4-3-5-9-20/h3-13,18H,2,14-17,19H2,1H3,(H,26,30). The number of benzene rings is 2. The van der Waals surface area contributed by atoms with Gasteiger partial charge in [-0.3, -0.25) is 9.59 Å². The van der Waals surface area contributed by atoms with Crippen LogP contribution < -0.4 is 10.9 Å². The lowest BCUT2D eigenvalue weighted by molar-refractivity contribution is 0.102. The van der Waals surface area contributed by atoms with Gasteiger partial charge in [-0.05, 0) is 42.4 Å². The zero-order valence-electron chi connectivity index (χ0n) is 19.1. The highest BCUT2D eigenvalue weighted by molar-refractivity contribution is 7.89. The first-order valence-electron chi connectivity index (χ1n) is 11.3. The van der Waals surface area contributed by atoms with Gasteiger partial charge in [0.2, 0.25) is 10.0 Å². The number of carbonyl (C=O) groups is 1. The van der Waals surface area contributed by atoms with E-state index >= 15 is 0 Å². The fourth-order valence-electron chi connectivity index (χ4n) is 3.98. The monoisotopic (exact) mass is 480 g/mol. The first-order chi connectivity index (χ1) is 16.4. The predicted molar refractivity (Wildman–Crippen MR) is 132 cm³/mol. The molecule has 9 heteroatoms. The van der Waals surface area contributed by atoms with Crippen LogP contribution in [0.15, 0.2) is 82.6 Å². The number of rotatable bonds is 7. The summed E-state index contributed by atoms with van der Waals surface area (Å²) in [4.78, 5) is 28.1. The van der Waals surface area contributed by atoms with E-state index in [1.807, 2.05) is 30.3 Å². The molecule has 0 aliphatic carbocycles. The van der Waals surface area contributed by atoms with Crippen LogP contribution in [-0.4, -0.2) is 60.8 Å². The van der Waals surface area contributed by atoms with Crippen molar-refractivity contribution in [1.82, 2.24) is 13.8 Å². The van der Waals surface area contributed by atoms with Crippen molar-refractivity contribution in [2.45, 2.75) is 18.4 Å². The van der Waals surface area contributed by atoms with E-state index in [0.717, 1.165) is 12.1 Å². The van der Waals surface area contributed by atoms with Crippen LogP contribution >= 0.6 is 0 Å². The molecule has 1 N–H and O–H groups in total. The summed E-state index contributed by atoms with van der Waals surface area (Å²) >= 11 is 0. The molecule has 1 aliphatic heterocycles. The van der Waals surface area contributed by atoms with Gasteiger partial charge in [-0.1, -0.05) is 43.3 Å². The number of aromatic nitrogens is 1. The number of pyridine rings is 1. The van der Waals surface area contributed by atoms with Crippen LogP contribution in [-0.2, 0) is 16.6 Å². The number of hydrogen-bond donors (Lipinski definition) is 1. The van der Waals surface area contributed by atoms with E-state index in [4.69, 9.17) is 0 Å². The van der Waals surface area contributed by atoms with Crippen LogP contribution in [0.5, 0.6) is 0 Å². The molecule has 0 spiro atoms. The lowest BCUT2D eigenvalue weighted by Crippen LogP contribution is -2.48. The number of nitrogens with one attached hydrogen (secondary N) is 1. The molecule has 1 saturated heterocycles. The molecule has 1 amide bonds. The maximum absolute atomic E-state index is 13.1. The summed E-state index contributed by atoms with van der Waals surface area (Å²) in [6, 6.07) is 18.8. The maximum atomic E-state index is 13.1. The minimum absolute atomic E-state index is 0.0117. The Bertz CT molecular complexity index is 1310. The van der Waals surface area contributed by atoms with Crippen LogP contribution in [0.25, 0.3) is 0 Å². The molecule has 0 bridgehead atoms. The first kappa shape index (κ1) is 23.9. The summed E-state index contributed by atoms with van der Waals surface area (Å²) < 4.78 is 29.2. The first-order valence-corrected chi connectivity index (χ1v) is 12.7. The van der Waals surface area contributed by atoms with Gasteiger partial charge in [0.15, 0.2) is 0 Å². The van der Waals surface area contributed by atoms with Crippen LogP contribution in [0.1, 0.15) is 22.8 Å². The summed E-state index contributed by atoms with van der Waals surface area (Å²) in [7, 11) is -3.68. The fourth-order valence-corrected chi connectivity index (χ4v) is 5.45. The molecule has 2 heterocycles. The van der Waals surface area contributed by atoms with Crippen LogP contribution in [0.4, 0.5) is 5.69 Å². The van der Waals surface area contributed by atoms with Gasteiger partial charge in [-0.25, -0.2) is 8.42 Å². The molecule has 8 nitrogen and oxygen atoms in total. The molecule has 1 aromatic heterocycles. The number of hydrogen-bond acceptors (Lipinski definition) is 5. The number of anilines is 1. The Morgan fingerprint density at radius 1 is 0.941 bits per heavy atom. The van der Waals surface area contributed by atoms with E-state index in [9.17, 15) is 18.0 Å². The highest BCUT2D eigenvalue weighted by Crippen LogP contribution is 2.21. The van der Waals surface area contributed by atoms with Crippen molar-refractivity contribution in [2.75, 3.05) is 38.0 Å². The third kappa shape index (κ3) is 5.27. The zero-order chi connectivity index (χ0) is 24.1. The molecule has 0 atom stereocenters. The Morgan fingerprint density at radius 3 is 2.38 bits per heavy atom. The van der Waals surface area contributed by atoms with Crippen LogP contribution in [0.2, 0.25) is 0 Å². The number of likely N-dealkylation sites (N-methyl/N-ethyl adjacent to an activating group) is 1. The SMILES string of the molecule is CCN1CCN(S(=O)(=O)c2cccc(NC(=O)c3cccn(Cc4ccccc4)c3=O)c2)CC1. The molecule has 178 valence electrons. The topological polar surface area (TPSA) is 91.7 Å². The lowest BCUT2D eigenvalue weighted by Gasteiger charge is -2.33. The molecule has 0 radical (unpaired) electrons. The van der Waals surface area contributed by atoms with E-state index in [0.29, 0.717) is 38.4 Å².